The van der Waals surface area contributed by atoms with Gasteiger partial charge in [0.2, 0.25) is 20.0 Å². The molecule has 0 heterocycles. The highest BCUT2D eigenvalue weighted by atomic mass is 32.2. The molecule has 26 heavy (non-hydrogen) atoms. The summed E-state index contributed by atoms with van der Waals surface area (Å²) in [5.74, 6) is 1.10. The number of hydrogen-bond donors (Lipinski definition) is 2. The van der Waals surface area contributed by atoms with Crippen molar-refractivity contribution < 1.29 is 16.8 Å². The summed E-state index contributed by atoms with van der Waals surface area (Å²) in [5.41, 5.74) is 0. The van der Waals surface area contributed by atoms with Gasteiger partial charge in [-0.25, -0.2) is 26.3 Å². The molecule has 8 heteroatoms. The van der Waals surface area contributed by atoms with Crippen LogP contribution in [0.15, 0.2) is 34.1 Å². The summed E-state index contributed by atoms with van der Waals surface area (Å²) >= 11 is 0. The summed E-state index contributed by atoms with van der Waals surface area (Å²) < 4.78 is 55.7. The number of fused-ring (bicyclic) bond motifs is 2. The van der Waals surface area contributed by atoms with Crippen molar-refractivity contribution in [3.63, 3.8) is 0 Å². The van der Waals surface area contributed by atoms with Gasteiger partial charge in [-0.1, -0.05) is 19.3 Å². The standard InChI is InChI=1S/C18H26N2O4S2/c21-25(22,19-15-3-1-2-4-15)16-7-9-17(10-8-16)26(23,24)20-18-12-13-5-6-14(18)11-13/h7-10,13-15,18-20H,1-6,11-12H2/t13-,14-,18-/m0/s1. The third kappa shape index (κ3) is 3.69. The Morgan fingerprint density at radius 1 is 0.731 bits per heavy atom. The van der Waals surface area contributed by atoms with E-state index >= 15 is 0 Å². The fraction of sp³-hybridized carbons (Fsp3) is 0.667. The summed E-state index contributed by atoms with van der Waals surface area (Å²) in [7, 11) is -7.22. The van der Waals surface area contributed by atoms with Gasteiger partial charge in [-0.2, -0.15) is 0 Å². The minimum atomic E-state index is -3.62. The van der Waals surface area contributed by atoms with Crippen molar-refractivity contribution in [3.05, 3.63) is 24.3 Å². The lowest BCUT2D eigenvalue weighted by Gasteiger charge is -2.22. The summed E-state index contributed by atoms with van der Waals surface area (Å²) in [4.78, 5) is 0.239. The topological polar surface area (TPSA) is 92.3 Å². The van der Waals surface area contributed by atoms with E-state index in [1.807, 2.05) is 0 Å². The van der Waals surface area contributed by atoms with E-state index in [1.54, 1.807) is 0 Å². The largest absolute Gasteiger partial charge is 0.240 e. The van der Waals surface area contributed by atoms with Crippen LogP contribution in [0.1, 0.15) is 51.4 Å². The van der Waals surface area contributed by atoms with Gasteiger partial charge in [-0.3, -0.25) is 0 Å². The summed E-state index contributed by atoms with van der Waals surface area (Å²) in [6.45, 7) is 0. The van der Waals surface area contributed by atoms with Crippen LogP contribution in [0.4, 0.5) is 0 Å². The van der Waals surface area contributed by atoms with E-state index < -0.39 is 20.0 Å². The molecule has 3 atom stereocenters. The van der Waals surface area contributed by atoms with E-state index in [1.165, 1.54) is 30.7 Å². The van der Waals surface area contributed by atoms with Crippen LogP contribution in [0.5, 0.6) is 0 Å². The van der Waals surface area contributed by atoms with Crippen LogP contribution in [-0.4, -0.2) is 28.9 Å². The van der Waals surface area contributed by atoms with Gasteiger partial charge in [0.05, 0.1) is 9.79 Å². The molecule has 4 rings (SSSR count). The zero-order chi connectivity index (χ0) is 18.4. The molecule has 3 aliphatic rings. The zero-order valence-corrected chi connectivity index (χ0v) is 16.4. The number of sulfonamides is 2. The monoisotopic (exact) mass is 398 g/mol. The molecular formula is C18H26N2O4S2. The molecule has 0 aromatic heterocycles. The Balaban J connectivity index is 1.46. The van der Waals surface area contributed by atoms with Gasteiger partial charge in [0.1, 0.15) is 0 Å². The molecular weight excluding hydrogens is 372 g/mol. The van der Waals surface area contributed by atoms with Gasteiger partial charge in [-0.05, 0) is 68.2 Å². The number of nitrogens with one attached hydrogen (secondary N) is 2. The van der Waals surface area contributed by atoms with E-state index in [9.17, 15) is 16.8 Å². The van der Waals surface area contributed by atoms with Crippen LogP contribution in [0.2, 0.25) is 0 Å². The Morgan fingerprint density at radius 2 is 1.31 bits per heavy atom. The first kappa shape index (κ1) is 18.4. The predicted octanol–water partition coefficient (Wildman–Crippen LogP) is 2.37. The van der Waals surface area contributed by atoms with Gasteiger partial charge in [0.25, 0.3) is 0 Å². The lowest BCUT2D eigenvalue weighted by Crippen LogP contribution is -2.38. The van der Waals surface area contributed by atoms with Gasteiger partial charge < -0.3 is 0 Å². The second kappa shape index (κ2) is 6.89. The van der Waals surface area contributed by atoms with E-state index in [0.29, 0.717) is 11.8 Å². The molecule has 3 saturated carbocycles. The smallest absolute Gasteiger partial charge is 0.208 e. The van der Waals surface area contributed by atoms with Gasteiger partial charge in [-0.15, -0.1) is 0 Å². The molecule has 6 nitrogen and oxygen atoms in total. The molecule has 3 aliphatic carbocycles. The molecule has 1 aromatic rings. The highest BCUT2D eigenvalue weighted by molar-refractivity contribution is 7.90. The van der Waals surface area contributed by atoms with Crippen molar-refractivity contribution >= 4 is 20.0 Å². The maximum atomic E-state index is 12.6. The van der Waals surface area contributed by atoms with Crippen molar-refractivity contribution in [2.24, 2.45) is 11.8 Å². The molecule has 0 aliphatic heterocycles. The van der Waals surface area contributed by atoms with Crippen LogP contribution < -0.4 is 9.44 Å². The van der Waals surface area contributed by atoms with Crippen LogP contribution in [-0.2, 0) is 20.0 Å². The highest BCUT2D eigenvalue weighted by Crippen LogP contribution is 2.44. The third-order valence-corrected chi connectivity index (χ3v) is 9.21. The highest BCUT2D eigenvalue weighted by Gasteiger charge is 2.41. The molecule has 2 N–H and O–H groups in total. The number of benzene rings is 1. The summed E-state index contributed by atoms with van der Waals surface area (Å²) in [5, 5.41) is 0. The summed E-state index contributed by atoms with van der Waals surface area (Å²) in [6.07, 6.45) is 8.15. The average Bonchev–Trinajstić information content (AvgIpc) is 3.32. The molecule has 0 saturated heterocycles. The van der Waals surface area contributed by atoms with Gasteiger partial charge >= 0.3 is 0 Å². The molecule has 1 aromatic carbocycles. The Morgan fingerprint density at radius 3 is 1.81 bits per heavy atom. The maximum absolute atomic E-state index is 12.6. The Labute approximate surface area is 155 Å². The van der Waals surface area contributed by atoms with Crippen LogP contribution >= 0.6 is 0 Å². The fourth-order valence-corrected chi connectivity index (χ4v) is 7.41. The summed E-state index contributed by atoms with van der Waals surface area (Å²) in [6, 6.07) is 5.55. The normalized spacial score (nSPS) is 29.5. The van der Waals surface area contributed by atoms with Crippen molar-refractivity contribution in [3.8, 4) is 0 Å². The van der Waals surface area contributed by atoms with Gasteiger partial charge in [0, 0.05) is 12.1 Å². The van der Waals surface area contributed by atoms with Crippen molar-refractivity contribution in [1.82, 2.24) is 9.44 Å². The Hall–Kier alpha value is -0.960. The number of rotatable bonds is 6. The molecule has 0 radical (unpaired) electrons. The first-order valence-electron chi connectivity index (χ1n) is 9.48. The lowest BCUT2D eigenvalue weighted by atomic mass is 9.96. The SMILES string of the molecule is O=S(=O)(NC1CCCC1)c1ccc(S(=O)(=O)N[C@H]2C[C@H]3CC[C@H]2C3)cc1. The van der Waals surface area contributed by atoms with E-state index in [4.69, 9.17) is 0 Å². The molecule has 0 spiro atoms. The van der Waals surface area contributed by atoms with E-state index in [-0.39, 0.29) is 21.9 Å². The molecule has 0 amide bonds. The quantitative estimate of drug-likeness (QED) is 0.769. The Bertz CT molecular complexity index is 859. The van der Waals surface area contributed by atoms with E-state index in [2.05, 4.69) is 9.44 Å². The predicted molar refractivity (Wildman–Crippen MR) is 98.6 cm³/mol. The average molecular weight is 399 g/mol. The van der Waals surface area contributed by atoms with Crippen molar-refractivity contribution in [2.75, 3.05) is 0 Å². The van der Waals surface area contributed by atoms with Crippen LogP contribution in [0.25, 0.3) is 0 Å². The second-order valence-corrected chi connectivity index (χ2v) is 11.4. The van der Waals surface area contributed by atoms with Crippen molar-refractivity contribution in [1.29, 1.82) is 0 Å². The van der Waals surface area contributed by atoms with Crippen molar-refractivity contribution in [2.45, 2.75) is 73.2 Å². The number of hydrogen-bond acceptors (Lipinski definition) is 4. The molecule has 144 valence electrons. The fourth-order valence-electron chi connectivity index (χ4n) is 4.79. The molecule has 2 bridgehead atoms. The third-order valence-electron chi connectivity index (χ3n) is 6.17. The maximum Gasteiger partial charge on any atom is 0.240 e. The lowest BCUT2D eigenvalue weighted by molar-refractivity contribution is 0.390. The molecule has 3 fully saturated rings. The first-order chi connectivity index (χ1) is 12.3. The Kier molecular flexibility index (Phi) is 4.88. The minimum absolute atomic E-state index is 0.0112. The van der Waals surface area contributed by atoms with Crippen LogP contribution in [0, 0.1) is 11.8 Å². The van der Waals surface area contributed by atoms with E-state index in [0.717, 1.165) is 44.9 Å². The second-order valence-electron chi connectivity index (χ2n) is 7.98. The van der Waals surface area contributed by atoms with Gasteiger partial charge in [0.15, 0.2) is 0 Å². The van der Waals surface area contributed by atoms with Crippen LogP contribution in [0.3, 0.4) is 0 Å². The minimum Gasteiger partial charge on any atom is -0.208 e. The first-order valence-corrected chi connectivity index (χ1v) is 12.4. The molecule has 0 unspecified atom stereocenters. The zero-order valence-electron chi connectivity index (χ0n) is 14.7.